The molecule has 0 amide bonds. The first-order valence-electron chi connectivity index (χ1n) is 13.1. The van der Waals surface area contributed by atoms with Crippen LogP contribution < -0.4 is 10.6 Å². The van der Waals surface area contributed by atoms with Crippen LogP contribution >= 0.6 is 11.3 Å². The number of piperidine rings is 3. The van der Waals surface area contributed by atoms with Crippen LogP contribution in [0.2, 0.25) is 0 Å². The van der Waals surface area contributed by atoms with E-state index in [1.807, 2.05) is 37.6 Å². The highest BCUT2D eigenvalue weighted by atomic mass is 32.1. The molecule has 0 aromatic carbocycles. The number of hydrogen-bond acceptors (Lipinski definition) is 11. The van der Waals surface area contributed by atoms with Crippen LogP contribution in [-0.4, -0.2) is 49.6 Å². The van der Waals surface area contributed by atoms with Crippen LogP contribution in [0.4, 0.5) is 17.3 Å². The molecule has 11 heteroatoms. The Morgan fingerprint density at radius 1 is 1.05 bits per heavy atom. The number of pyridine rings is 2. The molecule has 0 atom stereocenters. The van der Waals surface area contributed by atoms with E-state index < -0.39 is 5.60 Å². The van der Waals surface area contributed by atoms with Gasteiger partial charge >= 0.3 is 0 Å². The van der Waals surface area contributed by atoms with Gasteiger partial charge in [-0.15, -0.1) is 11.3 Å². The number of thiazole rings is 1. The molecule has 0 aliphatic carbocycles. The summed E-state index contributed by atoms with van der Waals surface area (Å²) in [5, 5.41) is 14.3. The molecule has 4 aliphatic rings. The summed E-state index contributed by atoms with van der Waals surface area (Å²) in [5.41, 5.74) is 3.30. The summed E-state index contributed by atoms with van der Waals surface area (Å²) in [4.78, 5) is 21.3. The molecule has 0 saturated carbocycles. The number of anilines is 3. The Labute approximate surface area is 224 Å². The van der Waals surface area contributed by atoms with Gasteiger partial charge in [0.1, 0.15) is 22.2 Å². The lowest BCUT2D eigenvalue weighted by molar-refractivity contribution is -0.0100. The lowest BCUT2D eigenvalue weighted by atomic mass is 9.71. The van der Waals surface area contributed by atoms with Crippen molar-refractivity contribution in [1.29, 1.82) is 0 Å². The molecule has 2 N–H and O–H groups in total. The first-order valence-corrected chi connectivity index (χ1v) is 14.0. The average Bonchev–Trinajstić information content (AvgIpc) is 3.70. The predicted molar refractivity (Wildman–Crippen MR) is 144 cm³/mol. The van der Waals surface area contributed by atoms with Gasteiger partial charge < -0.3 is 24.8 Å². The molecular weight excluding hydrogens is 500 g/mol. The zero-order chi connectivity index (χ0) is 25.7. The summed E-state index contributed by atoms with van der Waals surface area (Å²) in [6.45, 7) is 8.55. The monoisotopic (exact) mass is 530 g/mol. The van der Waals surface area contributed by atoms with Crippen LogP contribution in [0, 0.1) is 0 Å². The van der Waals surface area contributed by atoms with Crippen molar-refractivity contribution in [2.75, 3.05) is 30.3 Å². The first-order chi connectivity index (χ1) is 18.5. The first kappa shape index (κ1) is 23.7. The van der Waals surface area contributed by atoms with E-state index in [9.17, 15) is 0 Å². The molecule has 3 saturated heterocycles. The van der Waals surface area contributed by atoms with Crippen molar-refractivity contribution in [2.45, 2.75) is 57.3 Å². The van der Waals surface area contributed by atoms with Gasteiger partial charge in [-0.25, -0.2) is 15.0 Å². The van der Waals surface area contributed by atoms with E-state index in [0.29, 0.717) is 24.9 Å². The van der Waals surface area contributed by atoms with Crippen LogP contribution in [0.1, 0.15) is 55.2 Å². The molecule has 8 rings (SSSR count). The molecule has 196 valence electrons. The second kappa shape index (κ2) is 9.11. The second-order valence-electron chi connectivity index (χ2n) is 10.8. The second-order valence-corrected chi connectivity index (χ2v) is 11.8. The number of hydrogen-bond donors (Lipinski definition) is 2. The number of nitrogens with zero attached hydrogens (tertiary/aromatic N) is 6. The van der Waals surface area contributed by atoms with Gasteiger partial charge in [0.15, 0.2) is 5.82 Å². The highest BCUT2D eigenvalue weighted by Gasteiger charge is 2.44. The quantitative estimate of drug-likeness (QED) is 0.344. The van der Waals surface area contributed by atoms with Gasteiger partial charge in [0, 0.05) is 34.8 Å². The Morgan fingerprint density at radius 2 is 1.89 bits per heavy atom. The fourth-order valence-corrected chi connectivity index (χ4v) is 6.27. The topological polar surface area (TPSA) is 114 Å². The normalized spacial score (nSPS) is 23.4. The van der Waals surface area contributed by atoms with Gasteiger partial charge in [0.25, 0.3) is 5.89 Å². The van der Waals surface area contributed by atoms with Crippen molar-refractivity contribution in [3.05, 3.63) is 58.1 Å². The van der Waals surface area contributed by atoms with Gasteiger partial charge in [-0.1, -0.05) is 11.2 Å². The van der Waals surface area contributed by atoms with Crippen LogP contribution in [0.15, 0.2) is 40.5 Å². The molecule has 0 spiro atoms. The van der Waals surface area contributed by atoms with Gasteiger partial charge in [-0.05, 0) is 58.8 Å². The molecule has 8 heterocycles. The van der Waals surface area contributed by atoms with Gasteiger partial charge in [-0.3, -0.25) is 0 Å². The molecule has 0 unspecified atom stereocenters. The summed E-state index contributed by atoms with van der Waals surface area (Å²) in [6, 6.07) is 5.98. The molecule has 4 aromatic rings. The summed E-state index contributed by atoms with van der Waals surface area (Å²) in [6.07, 6.45) is 6.84. The summed E-state index contributed by atoms with van der Waals surface area (Å²) in [5.74, 6) is 2.69. The van der Waals surface area contributed by atoms with E-state index in [1.54, 1.807) is 17.5 Å². The van der Waals surface area contributed by atoms with Crippen molar-refractivity contribution in [3.8, 4) is 11.5 Å². The minimum atomic E-state index is -0.408. The lowest BCUT2D eigenvalue weighted by Gasteiger charge is -2.46. The van der Waals surface area contributed by atoms with Gasteiger partial charge in [0.05, 0.1) is 30.1 Å². The van der Waals surface area contributed by atoms with Crippen LogP contribution in [0.5, 0.6) is 0 Å². The number of aromatic nitrogens is 5. The highest BCUT2D eigenvalue weighted by Crippen LogP contribution is 2.42. The molecular formula is C27H30N8O2S. The standard InChI is InChI=1S/C27H30N8O2S/c1-26(2)23-17(16-36-26)3-4-20(32-23)31-21-13-19(29-15-22-28-8-12-38-22)18(14-30-21)24-33-25(34-37-24)27-5-9-35(10-6-27)11-7-27/h3-4,8,12-14H,5-7,9-11,15-16H2,1-2H3,(H2,29,30,31,32). The molecule has 0 radical (unpaired) electrons. The van der Waals surface area contributed by atoms with Crippen molar-refractivity contribution < 1.29 is 9.26 Å². The number of rotatable bonds is 7. The molecule has 2 bridgehead atoms. The van der Waals surface area contributed by atoms with Crippen LogP contribution in [0.3, 0.4) is 0 Å². The number of nitrogens with one attached hydrogen (secondary N) is 2. The molecule has 4 aliphatic heterocycles. The average molecular weight is 531 g/mol. The summed E-state index contributed by atoms with van der Waals surface area (Å²) in [7, 11) is 0. The van der Waals surface area contributed by atoms with E-state index in [1.165, 1.54) is 0 Å². The van der Waals surface area contributed by atoms with E-state index in [-0.39, 0.29) is 5.41 Å². The van der Waals surface area contributed by atoms with Crippen molar-refractivity contribution >= 4 is 28.7 Å². The predicted octanol–water partition coefficient (Wildman–Crippen LogP) is 4.84. The Hall–Kier alpha value is -3.41. The van der Waals surface area contributed by atoms with E-state index >= 15 is 0 Å². The lowest BCUT2D eigenvalue weighted by Crippen LogP contribution is -2.51. The highest BCUT2D eigenvalue weighted by molar-refractivity contribution is 7.09. The Bertz CT molecular complexity index is 1450. The van der Waals surface area contributed by atoms with E-state index in [4.69, 9.17) is 19.2 Å². The Kier molecular flexibility index (Phi) is 5.68. The summed E-state index contributed by atoms with van der Waals surface area (Å²) >= 11 is 1.61. The maximum atomic E-state index is 5.88. The third-order valence-electron chi connectivity index (χ3n) is 8.06. The molecule has 3 fully saturated rings. The molecule has 38 heavy (non-hydrogen) atoms. The Morgan fingerprint density at radius 3 is 2.68 bits per heavy atom. The minimum absolute atomic E-state index is 0.0244. The van der Waals surface area contributed by atoms with Crippen molar-refractivity contribution in [3.63, 3.8) is 0 Å². The fourth-order valence-electron chi connectivity index (χ4n) is 5.72. The van der Waals surface area contributed by atoms with E-state index in [2.05, 4.69) is 36.7 Å². The SMILES string of the molecule is CC1(C)OCc2ccc(Nc3cc(NCc4nccs4)c(-c4nc(C56CCN(CC5)CC6)no4)cn3)nc21. The minimum Gasteiger partial charge on any atom is -0.378 e. The van der Waals surface area contributed by atoms with Crippen molar-refractivity contribution in [1.82, 2.24) is 30.0 Å². The fraction of sp³-hybridized carbons (Fsp3) is 0.444. The smallest absolute Gasteiger partial charge is 0.261 e. The maximum absolute atomic E-state index is 5.88. The number of ether oxygens (including phenoxy) is 1. The zero-order valence-electron chi connectivity index (χ0n) is 21.5. The van der Waals surface area contributed by atoms with Gasteiger partial charge in [-0.2, -0.15) is 4.98 Å². The summed E-state index contributed by atoms with van der Waals surface area (Å²) < 4.78 is 11.7. The third kappa shape index (κ3) is 4.24. The molecule has 4 aromatic heterocycles. The van der Waals surface area contributed by atoms with Crippen LogP contribution in [0.25, 0.3) is 11.5 Å². The largest absolute Gasteiger partial charge is 0.378 e. The molecule has 10 nitrogen and oxygen atoms in total. The zero-order valence-corrected chi connectivity index (χ0v) is 22.3. The van der Waals surface area contributed by atoms with Crippen molar-refractivity contribution in [2.24, 2.45) is 0 Å². The van der Waals surface area contributed by atoms with Crippen LogP contribution in [-0.2, 0) is 28.9 Å². The van der Waals surface area contributed by atoms with Gasteiger partial charge in [0.2, 0.25) is 0 Å². The Balaban J connectivity index is 1.19. The maximum Gasteiger partial charge on any atom is 0.261 e. The van der Waals surface area contributed by atoms with E-state index in [0.717, 1.165) is 78.1 Å². The third-order valence-corrected chi connectivity index (χ3v) is 8.84. The number of fused-ring (bicyclic) bond motifs is 4.